The number of carbonyl (C=O) groups is 1. The van der Waals surface area contributed by atoms with Gasteiger partial charge in [0, 0.05) is 27.2 Å². The van der Waals surface area contributed by atoms with E-state index in [2.05, 4.69) is 15.0 Å². The minimum absolute atomic E-state index is 0.204. The van der Waals surface area contributed by atoms with Crippen molar-refractivity contribution in [1.82, 2.24) is 15.0 Å². The molecule has 1 aliphatic carbocycles. The number of carboxylic acids is 1. The fraction of sp³-hybridized carbons (Fsp3) is 0.714. The van der Waals surface area contributed by atoms with Crippen molar-refractivity contribution < 1.29 is 9.90 Å². The first-order valence-electron chi connectivity index (χ1n) is 7.31. The van der Waals surface area contributed by atoms with E-state index in [4.69, 9.17) is 0 Å². The predicted octanol–water partition coefficient (Wildman–Crippen LogP) is 0.937. The van der Waals surface area contributed by atoms with Gasteiger partial charge < -0.3 is 14.9 Å². The lowest BCUT2D eigenvalue weighted by molar-refractivity contribution is -0.149. The van der Waals surface area contributed by atoms with Crippen LogP contribution >= 0.6 is 0 Å². The smallest absolute Gasteiger partial charge is 0.311 e. The second-order valence-electron chi connectivity index (χ2n) is 6.31. The normalized spacial score (nSPS) is 27.8. The van der Waals surface area contributed by atoms with Crippen LogP contribution in [0, 0.1) is 18.3 Å². The van der Waals surface area contributed by atoms with E-state index in [1.54, 1.807) is 0 Å². The molecule has 0 bridgehead atoms. The zero-order valence-electron chi connectivity index (χ0n) is 12.7. The average molecular weight is 291 g/mol. The summed E-state index contributed by atoms with van der Waals surface area (Å²) in [5.74, 6) is 1.39. The molecule has 1 saturated heterocycles. The molecule has 2 atom stereocenters. The molecule has 114 valence electrons. The molecular weight excluding hydrogens is 270 g/mol. The first-order chi connectivity index (χ1) is 9.92. The molecule has 0 radical (unpaired) electrons. The third-order valence-electron chi connectivity index (χ3n) is 4.70. The molecule has 0 amide bonds. The summed E-state index contributed by atoms with van der Waals surface area (Å²) in [5, 5.41) is 9.65. The third kappa shape index (κ3) is 2.20. The van der Waals surface area contributed by atoms with Crippen LogP contribution in [0.5, 0.6) is 0 Å². The molecule has 0 spiro atoms. The lowest BCUT2D eigenvalue weighted by Crippen LogP contribution is -2.36. The Morgan fingerprint density at radius 2 is 2.14 bits per heavy atom. The molecule has 21 heavy (non-hydrogen) atoms. The standard InChI is InChI=1S/C14H21N5O2/c1-9-15-12(18(2)3)17-13(16-9)19-7-10-5-4-6-14(10,8-19)11(20)21/h10H,4-8H2,1-3H3,(H,20,21)/t10-,14+/m0/s1. The molecule has 7 heteroatoms. The van der Waals surface area contributed by atoms with Crippen molar-refractivity contribution in [3.63, 3.8) is 0 Å². The highest BCUT2D eigenvalue weighted by Gasteiger charge is 2.55. The lowest BCUT2D eigenvalue weighted by Gasteiger charge is -2.23. The molecular formula is C14H21N5O2. The molecule has 2 aliphatic rings. The number of nitrogens with zero attached hydrogens (tertiary/aromatic N) is 5. The summed E-state index contributed by atoms with van der Waals surface area (Å²) in [5.41, 5.74) is -0.612. The fourth-order valence-electron chi connectivity index (χ4n) is 3.59. The van der Waals surface area contributed by atoms with Gasteiger partial charge in [0.05, 0.1) is 5.41 Å². The van der Waals surface area contributed by atoms with Crippen molar-refractivity contribution in [2.24, 2.45) is 11.3 Å². The highest BCUT2D eigenvalue weighted by Crippen LogP contribution is 2.49. The van der Waals surface area contributed by atoms with Gasteiger partial charge in [0.25, 0.3) is 0 Å². The number of aryl methyl sites for hydroxylation is 1. The predicted molar refractivity (Wildman–Crippen MR) is 78.5 cm³/mol. The largest absolute Gasteiger partial charge is 0.481 e. The van der Waals surface area contributed by atoms with Crippen LogP contribution in [0.3, 0.4) is 0 Å². The molecule has 1 N–H and O–H groups in total. The Bertz CT molecular complexity index is 576. The molecule has 1 aliphatic heterocycles. The molecule has 3 rings (SSSR count). The fourth-order valence-corrected chi connectivity index (χ4v) is 3.59. The Morgan fingerprint density at radius 3 is 2.76 bits per heavy atom. The van der Waals surface area contributed by atoms with Gasteiger partial charge in [0.2, 0.25) is 11.9 Å². The van der Waals surface area contributed by atoms with Crippen molar-refractivity contribution in [2.75, 3.05) is 37.0 Å². The zero-order chi connectivity index (χ0) is 15.2. The number of rotatable bonds is 3. The van der Waals surface area contributed by atoms with Crippen molar-refractivity contribution in [2.45, 2.75) is 26.2 Å². The molecule has 0 unspecified atom stereocenters. The van der Waals surface area contributed by atoms with Gasteiger partial charge in [-0.3, -0.25) is 4.79 Å². The van der Waals surface area contributed by atoms with Crippen molar-refractivity contribution in [3.8, 4) is 0 Å². The van der Waals surface area contributed by atoms with E-state index in [9.17, 15) is 9.90 Å². The van der Waals surface area contributed by atoms with E-state index in [0.29, 0.717) is 24.3 Å². The van der Waals surface area contributed by atoms with Crippen molar-refractivity contribution in [3.05, 3.63) is 5.82 Å². The number of fused-ring (bicyclic) bond motifs is 1. The van der Waals surface area contributed by atoms with Gasteiger partial charge in [-0.05, 0) is 25.7 Å². The van der Waals surface area contributed by atoms with E-state index in [0.717, 1.165) is 25.8 Å². The molecule has 0 aromatic carbocycles. The summed E-state index contributed by atoms with van der Waals surface area (Å²) in [6, 6.07) is 0. The number of anilines is 2. The highest BCUT2D eigenvalue weighted by molar-refractivity contribution is 5.77. The number of carboxylic acid groups (broad SMARTS) is 1. The summed E-state index contributed by atoms with van der Waals surface area (Å²) in [4.78, 5) is 28.7. The second-order valence-corrected chi connectivity index (χ2v) is 6.31. The van der Waals surface area contributed by atoms with Crippen LogP contribution < -0.4 is 9.80 Å². The molecule has 1 aromatic rings. The summed E-state index contributed by atoms with van der Waals surface area (Å²) in [6.07, 6.45) is 2.74. The van der Waals surface area contributed by atoms with Crippen LogP contribution in [0.25, 0.3) is 0 Å². The monoisotopic (exact) mass is 291 g/mol. The maximum atomic E-state index is 11.7. The Kier molecular flexibility index (Phi) is 3.22. The quantitative estimate of drug-likeness (QED) is 0.887. The van der Waals surface area contributed by atoms with Crippen molar-refractivity contribution >= 4 is 17.9 Å². The molecule has 2 fully saturated rings. The van der Waals surface area contributed by atoms with Gasteiger partial charge >= 0.3 is 5.97 Å². The van der Waals surface area contributed by atoms with Gasteiger partial charge in [-0.25, -0.2) is 0 Å². The van der Waals surface area contributed by atoms with Gasteiger partial charge in [0.15, 0.2) is 0 Å². The Labute approximate surface area is 124 Å². The number of aliphatic carboxylic acids is 1. The van der Waals surface area contributed by atoms with Crippen LogP contribution in [0.1, 0.15) is 25.1 Å². The average Bonchev–Trinajstić information content (AvgIpc) is 2.95. The van der Waals surface area contributed by atoms with E-state index < -0.39 is 11.4 Å². The lowest BCUT2D eigenvalue weighted by atomic mass is 9.81. The Hall–Kier alpha value is -1.92. The Balaban J connectivity index is 1.91. The topological polar surface area (TPSA) is 82.5 Å². The van der Waals surface area contributed by atoms with Crippen LogP contribution in [0.15, 0.2) is 0 Å². The molecule has 7 nitrogen and oxygen atoms in total. The minimum atomic E-state index is -0.675. The van der Waals surface area contributed by atoms with E-state index in [1.165, 1.54) is 0 Å². The second kappa shape index (κ2) is 4.82. The summed E-state index contributed by atoms with van der Waals surface area (Å²) in [6.45, 7) is 3.06. The van der Waals surface area contributed by atoms with Gasteiger partial charge in [-0.15, -0.1) is 0 Å². The van der Waals surface area contributed by atoms with Gasteiger partial charge in [-0.1, -0.05) is 6.42 Å². The molecule has 1 aromatic heterocycles. The van der Waals surface area contributed by atoms with E-state index in [-0.39, 0.29) is 5.92 Å². The number of hydrogen-bond donors (Lipinski definition) is 1. The SMILES string of the molecule is Cc1nc(N(C)C)nc(N2C[C@@H]3CCC[C@@]3(C(=O)O)C2)n1. The highest BCUT2D eigenvalue weighted by atomic mass is 16.4. The van der Waals surface area contributed by atoms with Crippen LogP contribution in [-0.4, -0.2) is 53.2 Å². The zero-order valence-corrected chi connectivity index (χ0v) is 12.7. The van der Waals surface area contributed by atoms with Crippen LogP contribution in [-0.2, 0) is 4.79 Å². The van der Waals surface area contributed by atoms with E-state index in [1.807, 2.05) is 30.8 Å². The minimum Gasteiger partial charge on any atom is -0.481 e. The van der Waals surface area contributed by atoms with Crippen molar-refractivity contribution in [1.29, 1.82) is 0 Å². The number of aromatic nitrogens is 3. The summed E-state index contributed by atoms with van der Waals surface area (Å²) >= 11 is 0. The van der Waals surface area contributed by atoms with Crippen LogP contribution in [0.4, 0.5) is 11.9 Å². The number of hydrogen-bond acceptors (Lipinski definition) is 6. The summed E-state index contributed by atoms with van der Waals surface area (Å²) < 4.78 is 0. The Morgan fingerprint density at radius 1 is 1.38 bits per heavy atom. The third-order valence-corrected chi connectivity index (χ3v) is 4.70. The first kappa shape index (κ1) is 14.0. The maximum absolute atomic E-state index is 11.7. The maximum Gasteiger partial charge on any atom is 0.311 e. The summed E-state index contributed by atoms with van der Waals surface area (Å²) in [7, 11) is 3.77. The van der Waals surface area contributed by atoms with Gasteiger partial charge in [-0.2, -0.15) is 15.0 Å². The molecule has 1 saturated carbocycles. The first-order valence-corrected chi connectivity index (χ1v) is 7.31. The van der Waals surface area contributed by atoms with Gasteiger partial charge in [0.1, 0.15) is 5.82 Å². The van der Waals surface area contributed by atoms with E-state index >= 15 is 0 Å². The van der Waals surface area contributed by atoms with Crippen LogP contribution in [0.2, 0.25) is 0 Å². The molecule has 2 heterocycles.